The summed E-state index contributed by atoms with van der Waals surface area (Å²) in [6.45, 7) is 1.63. The van der Waals surface area contributed by atoms with E-state index < -0.39 is 11.8 Å². The molecular weight excluding hydrogens is 346 g/mol. The maximum absolute atomic E-state index is 11.3. The molecule has 1 aromatic carbocycles. The Morgan fingerprint density at radius 2 is 2.04 bits per heavy atom. The highest BCUT2D eigenvalue weighted by Crippen LogP contribution is 2.42. The number of aliphatic hydroxyl groups excluding tert-OH is 2. The van der Waals surface area contributed by atoms with Crippen molar-refractivity contribution in [2.45, 2.75) is 31.8 Å². The second-order valence-corrected chi connectivity index (χ2v) is 6.79. The highest BCUT2D eigenvalue weighted by molar-refractivity contribution is 5.75. The average Bonchev–Trinajstić information content (AvgIpc) is 3.01. The molecule has 0 fully saturated rings. The Morgan fingerprint density at radius 1 is 1.26 bits per heavy atom. The molecule has 7 nitrogen and oxygen atoms in total. The van der Waals surface area contributed by atoms with Gasteiger partial charge in [-0.05, 0) is 24.1 Å². The lowest BCUT2D eigenvalue weighted by atomic mass is 9.88. The van der Waals surface area contributed by atoms with E-state index in [9.17, 15) is 15.3 Å². The Morgan fingerprint density at radius 3 is 2.74 bits per heavy atom. The highest BCUT2D eigenvalue weighted by atomic mass is 16.6. The first kappa shape index (κ1) is 17.9. The van der Waals surface area contributed by atoms with Crippen molar-refractivity contribution >= 4 is 11.3 Å². The summed E-state index contributed by atoms with van der Waals surface area (Å²) in [5.74, 6) is -1.50. The van der Waals surface area contributed by atoms with Gasteiger partial charge >= 0.3 is 0 Å². The second-order valence-electron chi connectivity index (χ2n) is 6.79. The molecule has 0 radical (unpaired) electrons. The van der Waals surface area contributed by atoms with Crippen LogP contribution in [0.5, 0.6) is 0 Å². The number of nitrogens with one attached hydrogen (secondary N) is 1. The first-order chi connectivity index (χ1) is 13.1. The maximum Gasteiger partial charge on any atom is 0.194 e. The molecule has 4 N–H and O–H groups in total. The third-order valence-electron chi connectivity index (χ3n) is 5.09. The molecule has 0 saturated carbocycles. The number of benzene rings is 1. The summed E-state index contributed by atoms with van der Waals surface area (Å²) in [5, 5.41) is 33.5. The van der Waals surface area contributed by atoms with Crippen molar-refractivity contribution in [2.24, 2.45) is 0 Å². The molecule has 3 heterocycles. The van der Waals surface area contributed by atoms with Crippen LogP contribution in [0.15, 0.2) is 42.6 Å². The predicted octanol–water partition coefficient (Wildman–Crippen LogP) is 1.54. The van der Waals surface area contributed by atoms with Crippen LogP contribution in [0.2, 0.25) is 0 Å². The quantitative estimate of drug-likeness (QED) is 0.509. The molecule has 2 atom stereocenters. The van der Waals surface area contributed by atoms with Crippen LogP contribution in [0.4, 0.5) is 5.69 Å². The predicted molar refractivity (Wildman–Crippen MR) is 100 cm³/mol. The van der Waals surface area contributed by atoms with Crippen molar-refractivity contribution in [3.63, 3.8) is 0 Å². The van der Waals surface area contributed by atoms with Crippen molar-refractivity contribution in [2.75, 3.05) is 18.5 Å². The fraction of sp³-hybridized carbons (Fsp3) is 0.350. The first-order valence-electron chi connectivity index (χ1n) is 8.96. The number of hydrogen-bond donors (Lipinski definition) is 4. The van der Waals surface area contributed by atoms with Crippen LogP contribution in [0.1, 0.15) is 28.6 Å². The van der Waals surface area contributed by atoms with Gasteiger partial charge in [-0.2, -0.15) is 0 Å². The Hall–Kier alpha value is -2.45. The molecule has 7 heteroatoms. The van der Waals surface area contributed by atoms with E-state index in [1.807, 2.05) is 53.9 Å². The van der Waals surface area contributed by atoms with Crippen LogP contribution in [0.25, 0.3) is 5.65 Å². The van der Waals surface area contributed by atoms with E-state index in [4.69, 9.17) is 4.74 Å². The number of nitrogens with zero attached hydrogens (tertiary/aromatic N) is 2. The zero-order chi connectivity index (χ0) is 19.0. The molecule has 1 aliphatic heterocycles. The van der Waals surface area contributed by atoms with Crippen molar-refractivity contribution < 1.29 is 20.1 Å². The largest absolute Gasteiger partial charge is 0.394 e. The Bertz CT molecular complexity index is 957. The average molecular weight is 369 g/mol. The number of fused-ring (bicyclic) bond motifs is 3. The Balaban J connectivity index is 1.85. The van der Waals surface area contributed by atoms with Gasteiger partial charge in [0.15, 0.2) is 11.4 Å². The zero-order valence-corrected chi connectivity index (χ0v) is 15.1. The Kier molecular flexibility index (Phi) is 4.61. The summed E-state index contributed by atoms with van der Waals surface area (Å²) in [4.78, 5) is 4.61. The van der Waals surface area contributed by atoms with E-state index in [1.165, 1.54) is 0 Å². The third kappa shape index (κ3) is 2.98. The van der Waals surface area contributed by atoms with E-state index in [0.29, 0.717) is 5.65 Å². The molecule has 0 aliphatic carbocycles. The van der Waals surface area contributed by atoms with Gasteiger partial charge in [0, 0.05) is 12.6 Å². The van der Waals surface area contributed by atoms with Crippen LogP contribution >= 0.6 is 0 Å². The Labute approximate surface area is 156 Å². The lowest BCUT2D eigenvalue weighted by Crippen LogP contribution is -2.48. The zero-order valence-electron chi connectivity index (χ0n) is 15.1. The van der Waals surface area contributed by atoms with Crippen molar-refractivity contribution in [1.29, 1.82) is 0 Å². The molecule has 1 aliphatic rings. The molecule has 0 bridgehead atoms. The fourth-order valence-corrected chi connectivity index (χ4v) is 3.78. The van der Waals surface area contributed by atoms with Gasteiger partial charge < -0.3 is 25.4 Å². The molecule has 3 aromatic rings. The number of rotatable bonds is 5. The van der Waals surface area contributed by atoms with Gasteiger partial charge in [-0.3, -0.25) is 4.40 Å². The smallest absolute Gasteiger partial charge is 0.194 e. The second kappa shape index (κ2) is 6.94. The minimum absolute atomic E-state index is 0.0379. The summed E-state index contributed by atoms with van der Waals surface area (Å²) < 4.78 is 7.54. The molecule has 0 saturated heterocycles. The van der Waals surface area contributed by atoms with Gasteiger partial charge in [0.05, 0.1) is 36.9 Å². The van der Waals surface area contributed by atoms with Gasteiger partial charge in [-0.25, -0.2) is 4.98 Å². The number of aliphatic hydroxyl groups is 3. The maximum atomic E-state index is 11.3. The van der Waals surface area contributed by atoms with Crippen LogP contribution in [0, 0.1) is 6.92 Å². The number of imidazole rings is 1. The van der Waals surface area contributed by atoms with Crippen LogP contribution in [-0.4, -0.2) is 43.7 Å². The molecular formula is C20H23N3O4. The van der Waals surface area contributed by atoms with Gasteiger partial charge in [-0.15, -0.1) is 0 Å². The van der Waals surface area contributed by atoms with Gasteiger partial charge in [-0.1, -0.05) is 30.3 Å². The normalized spacial score (nSPS) is 21.9. The lowest BCUT2D eigenvalue weighted by Gasteiger charge is -2.41. The monoisotopic (exact) mass is 369 g/mol. The number of anilines is 1. The van der Waals surface area contributed by atoms with E-state index in [1.54, 1.807) is 0 Å². The summed E-state index contributed by atoms with van der Waals surface area (Å²) in [5.41, 5.74) is 4.76. The summed E-state index contributed by atoms with van der Waals surface area (Å²) in [6.07, 6.45) is 2.10. The minimum atomic E-state index is -1.50. The molecule has 27 heavy (non-hydrogen) atoms. The molecule has 0 spiro atoms. The first-order valence-corrected chi connectivity index (χ1v) is 8.96. The molecule has 2 aromatic heterocycles. The third-order valence-corrected chi connectivity index (χ3v) is 5.09. The molecule has 4 rings (SSSR count). The van der Waals surface area contributed by atoms with Crippen molar-refractivity contribution in [3.05, 3.63) is 65.1 Å². The van der Waals surface area contributed by atoms with E-state index in [0.717, 1.165) is 28.2 Å². The highest BCUT2D eigenvalue weighted by Gasteiger charge is 2.44. The fourth-order valence-electron chi connectivity index (χ4n) is 3.78. The van der Waals surface area contributed by atoms with Crippen molar-refractivity contribution in [1.82, 2.24) is 9.38 Å². The summed E-state index contributed by atoms with van der Waals surface area (Å²) in [6, 6.07) is 10.9. The van der Waals surface area contributed by atoms with Crippen LogP contribution < -0.4 is 5.32 Å². The summed E-state index contributed by atoms with van der Waals surface area (Å²) >= 11 is 0. The number of aryl methyl sites for hydroxylation is 1. The SMILES string of the molecule is Cc1nc2c3c(ccn2c1CO)C[C@@](O)(OCCO)[C@@H](c1ccccc1)N3. The molecule has 0 unspecified atom stereocenters. The van der Waals surface area contributed by atoms with Gasteiger partial charge in [0.2, 0.25) is 0 Å². The number of aromatic nitrogens is 2. The molecule has 0 amide bonds. The van der Waals surface area contributed by atoms with E-state index >= 15 is 0 Å². The van der Waals surface area contributed by atoms with Crippen molar-refractivity contribution in [3.8, 4) is 0 Å². The van der Waals surface area contributed by atoms with Gasteiger partial charge in [0.1, 0.15) is 6.04 Å². The number of ether oxygens (including phenoxy) is 1. The van der Waals surface area contributed by atoms with Crippen LogP contribution in [0.3, 0.4) is 0 Å². The van der Waals surface area contributed by atoms with E-state index in [2.05, 4.69) is 10.3 Å². The number of pyridine rings is 1. The molecule has 142 valence electrons. The van der Waals surface area contributed by atoms with E-state index in [-0.39, 0.29) is 26.2 Å². The summed E-state index contributed by atoms with van der Waals surface area (Å²) in [7, 11) is 0. The minimum Gasteiger partial charge on any atom is -0.394 e. The number of hydrogen-bond acceptors (Lipinski definition) is 6. The standard InChI is InChI=1S/C20H23N3O4/c1-13-16(12-25)23-8-7-15-11-20(26,27-10-9-24)18(14-5-3-2-4-6-14)22-17(15)19(23)21-13/h2-8,18,22,24-26H,9-12H2,1H3/t18-,20-/m1/s1. The topological polar surface area (TPSA) is 99.3 Å². The lowest BCUT2D eigenvalue weighted by molar-refractivity contribution is -0.219. The van der Waals surface area contributed by atoms with Gasteiger partial charge in [0.25, 0.3) is 0 Å². The van der Waals surface area contributed by atoms with Crippen LogP contribution in [-0.2, 0) is 17.8 Å².